The zero-order valence-corrected chi connectivity index (χ0v) is 9.87. The Morgan fingerprint density at radius 1 is 0.952 bits per heavy atom. The average molecular weight is 306 g/mol. The lowest BCUT2D eigenvalue weighted by Crippen LogP contribution is -2.19. The first-order valence-electron chi connectivity index (χ1n) is 5.46. The predicted molar refractivity (Wildman–Crippen MR) is 58.3 cm³/mol. The molecule has 3 rings (SSSR count). The van der Waals surface area contributed by atoms with E-state index < -0.39 is 23.6 Å². The van der Waals surface area contributed by atoms with Crippen molar-refractivity contribution in [2.24, 2.45) is 0 Å². The number of fused-ring (bicyclic) bond motifs is 3. The van der Waals surface area contributed by atoms with Crippen molar-refractivity contribution in [3.05, 3.63) is 35.8 Å². The van der Waals surface area contributed by atoms with Crippen LogP contribution in [0.3, 0.4) is 0 Å². The molecule has 0 aliphatic heterocycles. The lowest BCUT2D eigenvalue weighted by Gasteiger charge is -2.15. The first-order chi connectivity index (χ1) is 9.68. The smallest absolute Gasteiger partial charge is 0.265 e. The summed E-state index contributed by atoms with van der Waals surface area (Å²) in [6.07, 6.45) is -9.30. The molecular formula is C11H4F6N4. The first kappa shape index (κ1) is 13.6. The summed E-state index contributed by atoms with van der Waals surface area (Å²) in [7, 11) is 0. The van der Waals surface area contributed by atoms with Gasteiger partial charge in [-0.25, -0.2) is 4.98 Å². The van der Waals surface area contributed by atoms with Gasteiger partial charge in [0.05, 0.1) is 5.56 Å². The molecule has 4 nitrogen and oxygen atoms in total. The third-order valence-electron chi connectivity index (χ3n) is 2.82. The van der Waals surface area contributed by atoms with Gasteiger partial charge in [0, 0.05) is 5.39 Å². The zero-order chi connectivity index (χ0) is 15.4. The molecule has 0 aliphatic rings. The van der Waals surface area contributed by atoms with E-state index in [0.29, 0.717) is 6.07 Å². The summed E-state index contributed by atoms with van der Waals surface area (Å²) in [6.45, 7) is 0. The highest BCUT2D eigenvalue weighted by Gasteiger charge is 2.45. The van der Waals surface area contributed by atoms with Gasteiger partial charge in [0.25, 0.3) is 0 Å². The van der Waals surface area contributed by atoms with Crippen molar-refractivity contribution >= 4 is 16.7 Å². The van der Waals surface area contributed by atoms with Crippen LogP contribution in [0.1, 0.15) is 11.3 Å². The normalized spacial score (nSPS) is 13.2. The molecule has 0 N–H and O–H groups in total. The van der Waals surface area contributed by atoms with Crippen LogP contribution in [0.5, 0.6) is 0 Å². The first-order valence-corrected chi connectivity index (χ1v) is 5.46. The molecule has 3 aromatic heterocycles. The van der Waals surface area contributed by atoms with E-state index in [-0.39, 0.29) is 16.7 Å². The van der Waals surface area contributed by atoms with Crippen LogP contribution < -0.4 is 0 Å². The predicted octanol–water partition coefficient (Wildman–Crippen LogP) is 3.32. The van der Waals surface area contributed by atoms with Gasteiger partial charge in [0.2, 0.25) is 0 Å². The van der Waals surface area contributed by atoms with Crippen molar-refractivity contribution in [1.82, 2.24) is 19.6 Å². The van der Waals surface area contributed by atoms with Gasteiger partial charge in [-0.1, -0.05) is 0 Å². The second-order valence-electron chi connectivity index (χ2n) is 4.19. The van der Waals surface area contributed by atoms with Gasteiger partial charge in [-0.15, -0.1) is 10.2 Å². The summed E-state index contributed by atoms with van der Waals surface area (Å²) >= 11 is 0. The van der Waals surface area contributed by atoms with E-state index in [2.05, 4.69) is 15.2 Å². The second kappa shape index (κ2) is 4.06. The van der Waals surface area contributed by atoms with E-state index in [4.69, 9.17) is 0 Å². The molecule has 0 saturated heterocycles. The molecule has 0 unspecified atom stereocenters. The highest BCUT2D eigenvalue weighted by atomic mass is 19.4. The number of hydrogen-bond acceptors (Lipinski definition) is 3. The van der Waals surface area contributed by atoms with E-state index in [0.717, 1.165) is 10.7 Å². The number of rotatable bonds is 0. The van der Waals surface area contributed by atoms with Crippen molar-refractivity contribution in [1.29, 1.82) is 0 Å². The van der Waals surface area contributed by atoms with E-state index in [1.165, 1.54) is 12.1 Å². The summed E-state index contributed by atoms with van der Waals surface area (Å²) in [5, 5.41) is 6.99. The quantitative estimate of drug-likeness (QED) is 0.598. The van der Waals surface area contributed by atoms with E-state index in [1.807, 2.05) is 0 Å². The molecule has 0 aliphatic carbocycles. The molecule has 0 amide bonds. The van der Waals surface area contributed by atoms with Crippen LogP contribution in [-0.4, -0.2) is 19.6 Å². The summed E-state index contributed by atoms with van der Waals surface area (Å²) in [5.74, 6) is 0. The minimum absolute atomic E-state index is 0.0948. The molecule has 0 bridgehead atoms. The van der Waals surface area contributed by atoms with Gasteiger partial charge >= 0.3 is 12.4 Å². The van der Waals surface area contributed by atoms with Gasteiger partial charge in [-0.3, -0.25) is 4.40 Å². The number of hydrogen-bond donors (Lipinski definition) is 0. The molecule has 10 heteroatoms. The third kappa shape index (κ3) is 2.16. The molecule has 0 fully saturated rings. The van der Waals surface area contributed by atoms with Crippen LogP contribution in [0.25, 0.3) is 16.7 Å². The molecule has 3 heterocycles. The van der Waals surface area contributed by atoms with Crippen LogP contribution in [0.4, 0.5) is 26.3 Å². The SMILES string of the molecule is FC(F)(F)c1cc2ccc3nncn3c2nc1C(F)(F)F. The monoisotopic (exact) mass is 306 g/mol. The lowest BCUT2D eigenvalue weighted by molar-refractivity contribution is -0.164. The Balaban J connectivity index is 2.45. The molecule has 0 spiro atoms. The number of pyridine rings is 2. The van der Waals surface area contributed by atoms with Crippen LogP contribution in [0.2, 0.25) is 0 Å². The molecule has 110 valence electrons. The molecule has 0 radical (unpaired) electrons. The topological polar surface area (TPSA) is 43.1 Å². The van der Waals surface area contributed by atoms with E-state index in [9.17, 15) is 26.3 Å². The molecule has 21 heavy (non-hydrogen) atoms. The summed E-state index contributed by atoms with van der Waals surface area (Å²) in [5.41, 5.74) is -3.92. The number of aromatic nitrogens is 4. The van der Waals surface area contributed by atoms with E-state index >= 15 is 0 Å². The van der Waals surface area contributed by atoms with Gasteiger partial charge in [0.15, 0.2) is 11.3 Å². The Hall–Kier alpha value is -2.39. The number of halogens is 6. The maximum absolute atomic E-state index is 12.8. The van der Waals surface area contributed by atoms with Crippen LogP contribution >= 0.6 is 0 Å². The van der Waals surface area contributed by atoms with Crippen molar-refractivity contribution in [2.75, 3.05) is 0 Å². The largest absolute Gasteiger partial charge is 0.434 e. The molecule has 0 atom stereocenters. The van der Waals surface area contributed by atoms with Crippen molar-refractivity contribution in [3.8, 4) is 0 Å². The second-order valence-corrected chi connectivity index (χ2v) is 4.19. The Labute approximate surface area is 112 Å². The minimum atomic E-state index is -5.23. The van der Waals surface area contributed by atoms with E-state index in [1.54, 1.807) is 0 Å². The molecule has 3 aromatic rings. The fourth-order valence-corrected chi connectivity index (χ4v) is 1.95. The number of alkyl halides is 6. The Morgan fingerprint density at radius 2 is 1.67 bits per heavy atom. The summed E-state index contributed by atoms with van der Waals surface area (Å²) < 4.78 is 77.9. The van der Waals surface area contributed by atoms with Gasteiger partial charge in [-0.05, 0) is 18.2 Å². The van der Waals surface area contributed by atoms with Crippen molar-refractivity contribution < 1.29 is 26.3 Å². The van der Waals surface area contributed by atoms with Crippen LogP contribution in [0.15, 0.2) is 24.5 Å². The fourth-order valence-electron chi connectivity index (χ4n) is 1.95. The highest BCUT2D eigenvalue weighted by molar-refractivity contribution is 5.79. The maximum Gasteiger partial charge on any atom is 0.434 e. The van der Waals surface area contributed by atoms with Crippen LogP contribution in [-0.2, 0) is 12.4 Å². The van der Waals surface area contributed by atoms with Crippen LogP contribution in [0, 0.1) is 0 Å². The van der Waals surface area contributed by atoms with Gasteiger partial charge in [0.1, 0.15) is 12.0 Å². The summed E-state index contributed by atoms with van der Waals surface area (Å²) in [6, 6.07) is 2.97. The Kier molecular flexibility index (Phi) is 2.62. The van der Waals surface area contributed by atoms with Gasteiger partial charge in [-0.2, -0.15) is 26.3 Å². The average Bonchev–Trinajstić information content (AvgIpc) is 2.83. The lowest BCUT2D eigenvalue weighted by atomic mass is 10.1. The Bertz CT molecular complexity index is 832. The highest BCUT2D eigenvalue weighted by Crippen LogP contribution is 2.40. The maximum atomic E-state index is 12.8. The Morgan fingerprint density at radius 3 is 2.29 bits per heavy atom. The zero-order valence-electron chi connectivity index (χ0n) is 9.87. The van der Waals surface area contributed by atoms with Crippen molar-refractivity contribution in [2.45, 2.75) is 12.4 Å². The standard InChI is InChI=1S/C11H4F6N4/c12-10(13,14)6-3-5-1-2-7-20-18-4-21(7)9(5)19-8(6)11(15,16)17/h1-4H. The molecule has 0 saturated carbocycles. The minimum Gasteiger partial charge on any atom is -0.265 e. The molecular weight excluding hydrogens is 302 g/mol. The number of nitrogens with zero attached hydrogens (tertiary/aromatic N) is 4. The van der Waals surface area contributed by atoms with Gasteiger partial charge < -0.3 is 0 Å². The fraction of sp³-hybridized carbons (Fsp3) is 0.182. The molecule has 0 aromatic carbocycles. The third-order valence-corrected chi connectivity index (χ3v) is 2.82. The van der Waals surface area contributed by atoms with Crippen molar-refractivity contribution in [3.63, 3.8) is 0 Å². The summed E-state index contributed by atoms with van der Waals surface area (Å²) in [4.78, 5) is 3.15.